The largest absolute Gasteiger partial charge is 0.309 e. The van der Waals surface area contributed by atoms with Crippen LogP contribution in [0.4, 0.5) is 0 Å². The second kappa shape index (κ2) is 14.9. The molecule has 0 unspecified atom stereocenters. The zero-order valence-corrected chi connectivity index (χ0v) is 34.3. The van der Waals surface area contributed by atoms with E-state index in [1.807, 2.05) is 35.6 Å². The van der Waals surface area contributed by atoms with E-state index in [1.54, 1.807) is 0 Å². The minimum atomic E-state index is 0.643. The van der Waals surface area contributed by atoms with E-state index in [-0.39, 0.29) is 0 Å². The maximum atomic E-state index is 5.15. The standard InChI is InChI=1S/C57H36N4S/c1-4-16-37(17-5-1)39-20-14-21-41(34-39)56-58-55(38-18-6-2-7-19-38)59-57(60-56)42-30-32-47-49-28-15-27-48(54(49)62-53(47)36-42)45-25-11-10-24-44(45)40-31-33-52-50(35-40)46-26-12-13-29-51(46)61(52)43-22-8-3-9-23-43/h1-36H. The molecule has 0 radical (unpaired) electrons. The summed E-state index contributed by atoms with van der Waals surface area (Å²) in [6, 6.07) is 77.5. The van der Waals surface area contributed by atoms with Gasteiger partial charge in [-0.3, -0.25) is 0 Å². The van der Waals surface area contributed by atoms with Gasteiger partial charge in [-0.15, -0.1) is 11.3 Å². The van der Waals surface area contributed by atoms with Crippen molar-refractivity contribution in [1.29, 1.82) is 0 Å². The lowest BCUT2D eigenvalue weighted by Gasteiger charge is -2.12. The van der Waals surface area contributed by atoms with Crippen molar-refractivity contribution in [3.8, 4) is 73.2 Å². The Kier molecular flexibility index (Phi) is 8.65. The first-order valence-electron chi connectivity index (χ1n) is 20.8. The zero-order valence-electron chi connectivity index (χ0n) is 33.5. The molecule has 0 amide bonds. The molecule has 0 fully saturated rings. The first kappa shape index (κ1) is 35.9. The Hall–Kier alpha value is -7.99. The van der Waals surface area contributed by atoms with Crippen LogP contribution in [0.15, 0.2) is 218 Å². The number of para-hydroxylation sites is 2. The number of benzene rings is 9. The van der Waals surface area contributed by atoms with Crippen LogP contribution in [0.5, 0.6) is 0 Å². The Morgan fingerprint density at radius 3 is 1.65 bits per heavy atom. The minimum Gasteiger partial charge on any atom is -0.309 e. The van der Waals surface area contributed by atoms with E-state index < -0.39 is 0 Å². The third-order valence-electron chi connectivity index (χ3n) is 11.9. The van der Waals surface area contributed by atoms with E-state index in [1.165, 1.54) is 64.2 Å². The van der Waals surface area contributed by atoms with E-state index in [0.717, 1.165) is 33.5 Å². The van der Waals surface area contributed by atoms with Gasteiger partial charge in [0.25, 0.3) is 0 Å². The minimum absolute atomic E-state index is 0.643. The quantitative estimate of drug-likeness (QED) is 0.161. The van der Waals surface area contributed by atoms with Gasteiger partial charge in [0.2, 0.25) is 0 Å². The predicted octanol–water partition coefficient (Wildman–Crippen LogP) is 15.3. The molecule has 4 nitrogen and oxygen atoms in total. The van der Waals surface area contributed by atoms with Crippen molar-refractivity contribution in [3.05, 3.63) is 218 Å². The number of hydrogen-bond donors (Lipinski definition) is 0. The third kappa shape index (κ3) is 6.18. The van der Waals surface area contributed by atoms with Crippen LogP contribution in [0.3, 0.4) is 0 Å². The smallest absolute Gasteiger partial charge is 0.164 e. The molecule has 0 atom stereocenters. The summed E-state index contributed by atoms with van der Waals surface area (Å²) in [5.74, 6) is 1.94. The lowest BCUT2D eigenvalue weighted by atomic mass is 9.93. The number of thiophene rings is 1. The highest BCUT2D eigenvalue weighted by Gasteiger charge is 2.19. The van der Waals surface area contributed by atoms with Gasteiger partial charge in [-0.1, -0.05) is 176 Å². The molecule has 0 aliphatic heterocycles. The van der Waals surface area contributed by atoms with E-state index in [9.17, 15) is 0 Å². The first-order valence-corrected chi connectivity index (χ1v) is 21.7. The summed E-state index contributed by atoms with van der Waals surface area (Å²) in [6.07, 6.45) is 0. The number of rotatable bonds is 7. The summed E-state index contributed by atoms with van der Waals surface area (Å²) < 4.78 is 4.82. The summed E-state index contributed by atoms with van der Waals surface area (Å²) in [7, 11) is 0. The summed E-state index contributed by atoms with van der Waals surface area (Å²) in [5, 5.41) is 4.95. The first-order chi connectivity index (χ1) is 30.7. The van der Waals surface area contributed by atoms with Crippen molar-refractivity contribution < 1.29 is 0 Å². The Bertz CT molecular complexity index is 3630. The Morgan fingerprint density at radius 2 is 0.855 bits per heavy atom. The summed E-state index contributed by atoms with van der Waals surface area (Å²) in [6.45, 7) is 0. The molecule has 5 heteroatoms. The summed E-state index contributed by atoms with van der Waals surface area (Å²) in [4.78, 5) is 15.3. The van der Waals surface area contributed by atoms with Crippen molar-refractivity contribution in [2.45, 2.75) is 0 Å². The molecule has 3 heterocycles. The molecule has 9 aromatic carbocycles. The fourth-order valence-corrected chi connectivity index (χ4v) is 10.2. The van der Waals surface area contributed by atoms with E-state index in [2.05, 4.69) is 199 Å². The van der Waals surface area contributed by atoms with E-state index in [0.29, 0.717) is 17.5 Å². The van der Waals surface area contributed by atoms with Gasteiger partial charge in [0.1, 0.15) is 0 Å². The maximum absolute atomic E-state index is 5.15. The van der Waals surface area contributed by atoms with Gasteiger partial charge in [0.15, 0.2) is 17.5 Å². The van der Waals surface area contributed by atoms with Gasteiger partial charge in [-0.05, 0) is 70.3 Å². The maximum Gasteiger partial charge on any atom is 0.164 e. The van der Waals surface area contributed by atoms with Crippen molar-refractivity contribution in [1.82, 2.24) is 19.5 Å². The molecule has 62 heavy (non-hydrogen) atoms. The molecule has 12 aromatic rings. The number of aromatic nitrogens is 4. The van der Waals surface area contributed by atoms with Crippen molar-refractivity contribution in [3.63, 3.8) is 0 Å². The van der Waals surface area contributed by atoms with Crippen molar-refractivity contribution in [2.24, 2.45) is 0 Å². The van der Waals surface area contributed by atoms with Gasteiger partial charge >= 0.3 is 0 Å². The average molecular weight is 809 g/mol. The number of nitrogens with zero attached hydrogens (tertiary/aromatic N) is 4. The molecule has 0 aliphatic carbocycles. The molecule has 0 saturated carbocycles. The molecule has 0 saturated heterocycles. The second-order valence-corrected chi connectivity index (χ2v) is 16.6. The van der Waals surface area contributed by atoms with Crippen LogP contribution >= 0.6 is 11.3 Å². The van der Waals surface area contributed by atoms with Gasteiger partial charge in [-0.25, -0.2) is 15.0 Å². The van der Waals surface area contributed by atoms with Crippen LogP contribution in [0.1, 0.15) is 0 Å². The number of hydrogen-bond acceptors (Lipinski definition) is 4. The Morgan fingerprint density at radius 1 is 0.306 bits per heavy atom. The lowest BCUT2D eigenvalue weighted by Crippen LogP contribution is -2.00. The van der Waals surface area contributed by atoms with Crippen molar-refractivity contribution >= 4 is 53.3 Å². The highest BCUT2D eigenvalue weighted by atomic mass is 32.1. The molecule has 12 rings (SSSR count). The topological polar surface area (TPSA) is 43.6 Å². The fourth-order valence-electron chi connectivity index (χ4n) is 8.93. The van der Waals surface area contributed by atoms with Crippen LogP contribution in [0.25, 0.3) is 115 Å². The lowest BCUT2D eigenvalue weighted by molar-refractivity contribution is 1.07. The predicted molar refractivity (Wildman–Crippen MR) is 260 cm³/mol. The van der Waals surface area contributed by atoms with Crippen LogP contribution in [0, 0.1) is 0 Å². The SMILES string of the molecule is c1ccc(-c2cccc(-c3nc(-c4ccccc4)nc(-c4ccc5c(c4)sc4c(-c6ccccc6-c6ccc7c(c6)c6ccccc6n7-c6ccccc6)cccc45)n3)c2)cc1. The molecular weight excluding hydrogens is 773 g/mol. The fraction of sp³-hybridized carbons (Fsp3) is 0. The molecule has 3 aromatic heterocycles. The zero-order chi connectivity index (χ0) is 41.0. The van der Waals surface area contributed by atoms with E-state index >= 15 is 0 Å². The molecule has 0 aliphatic rings. The number of fused-ring (bicyclic) bond motifs is 6. The van der Waals surface area contributed by atoms with E-state index in [4.69, 9.17) is 15.0 Å². The van der Waals surface area contributed by atoms with Crippen LogP contribution in [0.2, 0.25) is 0 Å². The summed E-state index contributed by atoms with van der Waals surface area (Å²) in [5.41, 5.74) is 13.5. The normalized spacial score (nSPS) is 11.5. The molecule has 0 spiro atoms. The summed E-state index contributed by atoms with van der Waals surface area (Å²) >= 11 is 1.83. The third-order valence-corrected chi connectivity index (χ3v) is 13.1. The average Bonchev–Trinajstić information content (AvgIpc) is 3.90. The van der Waals surface area contributed by atoms with Gasteiger partial charge < -0.3 is 4.57 Å². The highest BCUT2D eigenvalue weighted by Crippen LogP contribution is 2.44. The second-order valence-electron chi connectivity index (χ2n) is 15.6. The van der Waals surface area contributed by atoms with Crippen LogP contribution in [-0.4, -0.2) is 19.5 Å². The van der Waals surface area contributed by atoms with Gasteiger partial charge in [0.05, 0.1) is 11.0 Å². The van der Waals surface area contributed by atoms with Gasteiger partial charge in [-0.2, -0.15) is 0 Å². The van der Waals surface area contributed by atoms with Crippen LogP contribution in [-0.2, 0) is 0 Å². The molecule has 0 bridgehead atoms. The van der Waals surface area contributed by atoms with Crippen LogP contribution < -0.4 is 0 Å². The molecular formula is C57H36N4S. The molecule has 0 N–H and O–H groups in total. The monoisotopic (exact) mass is 808 g/mol. The molecule has 290 valence electrons. The van der Waals surface area contributed by atoms with Gasteiger partial charge in [0, 0.05) is 58.9 Å². The Labute approximate surface area is 362 Å². The highest BCUT2D eigenvalue weighted by molar-refractivity contribution is 7.26. The Balaban J connectivity index is 0.974. The van der Waals surface area contributed by atoms with Crippen molar-refractivity contribution in [2.75, 3.05) is 0 Å².